The van der Waals surface area contributed by atoms with Gasteiger partial charge in [-0.2, -0.15) is 0 Å². The van der Waals surface area contributed by atoms with E-state index < -0.39 is 6.10 Å². The van der Waals surface area contributed by atoms with Crippen LogP contribution in [-0.4, -0.2) is 52.1 Å². The molecule has 0 spiro atoms. The first kappa shape index (κ1) is 28.4. The minimum absolute atomic E-state index is 0.0345. The number of benzene rings is 3. The normalized spacial score (nSPS) is 12.7. The monoisotopic (exact) mass is 529 g/mol. The van der Waals surface area contributed by atoms with Crippen LogP contribution in [0.2, 0.25) is 5.02 Å². The van der Waals surface area contributed by atoms with Crippen LogP contribution in [0.25, 0.3) is 0 Å². The first-order valence-corrected chi connectivity index (χ1v) is 12.4. The largest absolute Gasteiger partial charge is 0.493 e. The van der Waals surface area contributed by atoms with Gasteiger partial charge in [-0.3, -0.25) is 4.90 Å². The molecule has 7 nitrogen and oxygen atoms in total. The Morgan fingerprint density at radius 3 is 1.95 bits per heavy atom. The number of nitrogens with zero attached hydrogens (tertiary/aromatic N) is 1. The molecule has 1 N–H and O–H groups in total. The second-order valence-corrected chi connectivity index (χ2v) is 9.01. The number of rotatable bonds is 13. The summed E-state index contributed by atoms with van der Waals surface area (Å²) < 4.78 is 27.6. The molecule has 0 fully saturated rings. The number of ether oxygens (including phenoxy) is 5. The molecule has 0 heterocycles. The summed E-state index contributed by atoms with van der Waals surface area (Å²) in [6, 6.07) is 17.1. The standard InChI is InChI=1S/C29H36ClNO6/c1-7-23(20-11-12-25(33-2)26(16-20)34-3)31(18-24(32)21-9-8-10-22(30)15-21)17-19-13-27(35-4)29(37-6)28(14-19)36-5/h8-16,23-24,32H,7,17-18H2,1-6H3/t23-,24?/m1/s1. The van der Waals surface area contributed by atoms with E-state index in [1.807, 2.05) is 42.5 Å². The SMILES string of the molecule is CC[C@H](c1ccc(OC)c(OC)c1)N(Cc1cc(OC)c(OC)c(OC)c1)CC(O)c1cccc(Cl)c1. The molecular formula is C29H36ClNO6. The molecule has 2 atom stereocenters. The topological polar surface area (TPSA) is 69.6 Å². The van der Waals surface area contributed by atoms with Gasteiger partial charge in [-0.05, 0) is 59.5 Å². The molecule has 0 radical (unpaired) electrons. The molecule has 8 heteroatoms. The van der Waals surface area contributed by atoms with Crippen molar-refractivity contribution in [3.05, 3.63) is 76.3 Å². The summed E-state index contributed by atoms with van der Waals surface area (Å²) in [4.78, 5) is 2.23. The first-order valence-electron chi connectivity index (χ1n) is 12.1. The molecule has 0 aliphatic heterocycles. The predicted octanol–water partition coefficient (Wildman–Crippen LogP) is 6.07. The van der Waals surface area contributed by atoms with Crippen molar-refractivity contribution in [3.63, 3.8) is 0 Å². The third-order valence-electron chi connectivity index (χ3n) is 6.37. The Kier molecular flexibility index (Phi) is 10.3. The Labute approximate surface area is 224 Å². The molecule has 0 bridgehead atoms. The van der Waals surface area contributed by atoms with E-state index in [4.69, 9.17) is 35.3 Å². The van der Waals surface area contributed by atoms with Gasteiger partial charge in [0.05, 0.1) is 41.7 Å². The average Bonchev–Trinajstić information content (AvgIpc) is 2.92. The van der Waals surface area contributed by atoms with Gasteiger partial charge in [0.15, 0.2) is 23.0 Å². The van der Waals surface area contributed by atoms with Crippen LogP contribution in [0.5, 0.6) is 28.7 Å². The molecule has 0 aromatic heterocycles. The number of aliphatic hydroxyl groups is 1. The number of methoxy groups -OCH3 is 5. The zero-order valence-corrected chi connectivity index (χ0v) is 23.0. The molecule has 0 aliphatic rings. The fraction of sp³-hybridized carbons (Fsp3) is 0.379. The van der Waals surface area contributed by atoms with Crippen molar-refractivity contribution in [1.82, 2.24) is 4.90 Å². The maximum Gasteiger partial charge on any atom is 0.203 e. The van der Waals surface area contributed by atoms with Crippen LogP contribution in [0.4, 0.5) is 0 Å². The van der Waals surface area contributed by atoms with Crippen molar-refractivity contribution in [2.75, 3.05) is 42.1 Å². The summed E-state index contributed by atoms with van der Waals surface area (Å²) >= 11 is 6.21. The summed E-state index contributed by atoms with van der Waals surface area (Å²) in [5, 5.41) is 11.8. The van der Waals surface area contributed by atoms with Gasteiger partial charge in [-0.1, -0.05) is 36.7 Å². The van der Waals surface area contributed by atoms with E-state index in [1.165, 1.54) is 0 Å². The van der Waals surface area contributed by atoms with Crippen LogP contribution >= 0.6 is 11.6 Å². The Balaban J connectivity index is 2.04. The van der Waals surface area contributed by atoms with Crippen molar-refractivity contribution in [3.8, 4) is 28.7 Å². The van der Waals surface area contributed by atoms with Crippen LogP contribution in [0.1, 0.15) is 42.2 Å². The lowest BCUT2D eigenvalue weighted by molar-refractivity contribution is 0.0790. The lowest BCUT2D eigenvalue weighted by Gasteiger charge is -2.34. The zero-order valence-electron chi connectivity index (χ0n) is 22.3. The van der Waals surface area contributed by atoms with Gasteiger partial charge in [-0.15, -0.1) is 0 Å². The van der Waals surface area contributed by atoms with Crippen LogP contribution in [0.3, 0.4) is 0 Å². The van der Waals surface area contributed by atoms with E-state index in [0.717, 1.165) is 23.1 Å². The predicted molar refractivity (Wildman–Crippen MR) is 145 cm³/mol. The minimum atomic E-state index is -0.755. The van der Waals surface area contributed by atoms with Gasteiger partial charge < -0.3 is 28.8 Å². The number of aliphatic hydroxyl groups excluding tert-OH is 1. The summed E-state index contributed by atoms with van der Waals surface area (Å²) in [5.41, 5.74) is 2.75. The molecule has 1 unspecified atom stereocenters. The van der Waals surface area contributed by atoms with Crippen molar-refractivity contribution in [1.29, 1.82) is 0 Å². The summed E-state index contributed by atoms with van der Waals surface area (Å²) in [6.45, 7) is 3.00. The lowest BCUT2D eigenvalue weighted by Crippen LogP contribution is -2.32. The Morgan fingerprint density at radius 1 is 0.757 bits per heavy atom. The molecule has 3 aromatic carbocycles. The third kappa shape index (κ3) is 6.80. The third-order valence-corrected chi connectivity index (χ3v) is 6.61. The molecule has 0 amide bonds. The van der Waals surface area contributed by atoms with E-state index in [2.05, 4.69) is 11.8 Å². The number of hydrogen-bond acceptors (Lipinski definition) is 7. The fourth-order valence-electron chi connectivity index (χ4n) is 4.57. The first-order chi connectivity index (χ1) is 17.9. The lowest BCUT2D eigenvalue weighted by atomic mass is 9.99. The van der Waals surface area contributed by atoms with Crippen molar-refractivity contribution in [2.24, 2.45) is 0 Å². The van der Waals surface area contributed by atoms with E-state index in [-0.39, 0.29) is 6.04 Å². The molecule has 3 rings (SSSR count). The molecule has 0 aliphatic carbocycles. The molecule has 3 aromatic rings. The molecule has 200 valence electrons. The molecule has 0 saturated heterocycles. The maximum atomic E-state index is 11.2. The van der Waals surface area contributed by atoms with Gasteiger partial charge in [0.25, 0.3) is 0 Å². The highest BCUT2D eigenvalue weighted by molar-refractivity contribution is 6.30. The Hall–Kier alpha value is -3.13. The van der Waals surface area contributed by atoms with Crippen LogP contribution in [0.15, 0.2) is 54.6 Å². The van der Waals surface area contributed by atoms with Crippen molar-refractivity contribution < 1.29 is 28.8 Å². The van der Waals surface area contributed by atoms with Crippen LogP contribution < -0.4 is 23.7 Å². The summed E-state index contributed by atoms with van der Waals surface area (Å²) in [5.74, 6) is 3.00. The summed E-state index contributed by atoms with van der Waals surface area (Å²) in [6.07, 6.45) is 0.0391. The second kappa shape index (κ2) is 13.4. The van der Waals surface area contributed by atoms with Gasteiger partial charge in [-0.25, -0.2) is 0 Å². The van der Waals surface area contributed by atoms with Crippen LogP contribution in [0, 0.1) is 0 Å². The molecule has 0 saturated carbocycles. The number of hydrogen-bond donors (Lipinski definition) is 1. The highest BCUT2D eigenvalue weighted by Gasteiger charge is 2.25. The summed E-state index contributed by atoms with van der Waals surface area (Å²) in [7, 11) is 8.02. The van der Waals surface area contributed by atoms with E-state index in [0.29, 0.717) is 46.9 Å². The van der Waals surface area contributed by atoms with E-state index >= 15 is 0 Å². The van der Waals surface area contributed by atoms with Gasteiger partial charge in [0, 0.05) is 24.2 Å². The average molecular weight is 530 g/mol. The van der Waals surface area contributed by atoms with Gasteiger partial charge in [0.2, 0.25) is 5.75 Å². The Morgan fingerprint density at radius 2 is 1.41 bits per heavy atom. The fourth-order valence-corrected chi connectivity index (χ4v) is 4.77. The van der Waals surface area contributed by atoms with Gasteiger partial charge >= 0.3 is 0 Å². The maximum absolute atomic E-state index is 11.2. The minimum Gasteiger partial charge on any atom is -0.493 e. The van der Waals surface area contributed by atoms with E-state index in [9.17, 15) is 5.11 Å². The molecular weight excluding hydrogens is 494 g/mol. The van der Waals surface area contributed by atoms with Crippen LogP contribution in [-0.2, 0) is 6.54 Å². The highest BCUT2D eigenvalue weighted by Crippen LogP contribution is 2.40. The van der Waals surface area contributed by atoms with Crippen molar-refractivity contribution in [2.45, 2.75) is 32.0 Å². The Bertz CT molecular complexity index is 1150. The highest BCUT2D eigenvalue weighted by atomic mass is 35.5. The van der Waals surface area contributed by atoms with E-state index in [1.54, 1.807) is 47.7 Å². The molecule has 37 heavy (non-hydrogen) atoms. The second-order valence-electron chi connectivity index (χ2n) is 8.57. The smallest absolute Gasteiger partial charge is 0.203 e. The zero-order chi connectivity index (χ0) is 26.9. The van der Waals surface area contributed by atoms with Gasteiger partial charge in [0.1, 0.15) is 0 Å². The quantitative estimate of drug-likeness (QED) is 0.288. The van der Waals surface area contributed by atoms with Crippen molar-refractivity contribution >= 4 is 11.6 Å². The number of halogens is 1.